The van der Waals surface area contributed by atoms with Gasteiger partial charge in [0.2, 0.25) is 11.7 Å². The Morgan fingerprint density at radius 2 is 2.29 bits per heavy atom. The van der Waals surface area contributed by atoms with E-state index >= 15 is 0 Å². The maximum atomic E-state index is 5.90. The number of benzene rings is 1. The van der Waals surface area contributed by atoms with Crippen LogP contribution < -0.4 is 5.73 Å². The number of hydrogen-bond acceptors (Lipinski definition) is 4. The largest absolute Gasteiger partial charge is 0.337 e. The van der Waals surface area contributed by atoms with Crippen LogP contribution in [-0.2, 0) is 0 Å². The Bertz CT molecular complexity index is 498. The molecule has 0 fully saturated rings. The summed E-state index contributed by atoms with van der Waals surface area (Å²) < 4.78 is 5.14. The van der Waals surface area contributed by atoms with Crippen molar-refractivity contribution >= 4 is 11.6 Å². The molecular formula is C12H14ClN3O. The van der Waals surface area contributed by atoms with Gasteiger partial charge in [0.05, 0.1) is 6.04 Å². The fraction of sp³-hybridized carbons (Fsp3) is 0.333. The third-order valence-corrected chi connectivity index (χ3v) is 2.68. The molecule has 2 aromatic rings. The summed E-state index contributed by atoms with van der Waals surface area (Å²) in [6, 6.07) is 7.13. The van der Waals surface area contributed by atoms with Crippen molar-refractivity contribution < 1.29 is 4.52 Å². The van der Waals surface area contributed by atoms with Crippen LogP contribution >= 0.6 is 11.6 Å². The smallest absolute Gasteiger partial charge is 0.243 e. The average molecular weight is 252 g/mol. The highest BCUT2D eigenvalue weighted by Gasteiger charge is 2.14. The van der Waals surface area contributed by atoms with Crippen molar-refractivity contribution in [2.24, 2.45) is 5.73 Å². The molecule has 2 N–H and O–H groups in total. The van der Waals surface area contributed by atoms with E-state index in [1.165, 1.54) is 0 Å². The molecule has 0 aliphatic heterocycles. The first-order valence-electron chi connectivity index (χ1n) is 5.56. The second-order valence-corrected chi connectivity index (χ2v) is 4.30. The summed E-state index contributed by atoms with van der Waals surface area (Å²) in [5.74, 6) is 0.996. The van der Waals surface area contributed by atoms with Crippen LogP contribution in [0.4, 0.5) is 0 Å². The Kier molecular flexibility index (Phi) is 3.76. The monoisotopic (exact) mass is 251 g/mol. The Balaban J connectivity index is 2.23. The molecule has 90 valence electrons. The SMILES string of the molecule is CCCC(N)c1nc(-c2cccc(Cl)c2)no1. The predicted octanol–water partition coefficient (Wildman–Crippen LogP) is 3.19. The zero-order valence-electron chi connectivity index (χ0n) is 9.56. The van der Waals surface area contributed by atoms with Gasteiger partial charge >= 0.3 is 0 Å². The van der Waals surface area contributed by atoms with E-state index < -0.39 is 0 Å². The average Bonchev–Trinajstić information content (AvgIpc) is 2.78. The van der Waals surface area contributed by atoms with Gasteiger partial charge in [0.1, 0.15) is 0 Å². The normalized spacial score (nSPS) is 12.6. The van der Waals surface area contributed by atoms with E-state index in [4.69, 9.17) is 21.9 Å². The predicted molar refractivity (Wildman–Crippen MR) is 66.6 cm³/mol. The van der Waals surface area contributed by atoms with Crippen molar-refractivity contribution in [3.63, 3.8) is 0 Å². The van der Waals surface area contributed by atoms with E-state index in [1.807, 2.05) is 12.1 Å². The van der Waals surface area contributed by atoms with Crippen molar-refractivity contribution in [3.05, 3.63) is 35.2 Å². The molecular weight excluding hydrogens is 238 g/mol. The molecule has 4 nitrogen and oxygen atoms in total. The van der Waals surface area contributed by atoms with Gasteiger partial charge in [-0.1, -0.05) is 42.2 Å². The first-order chi connectivity index (χ1) is 8.20. The molecule has 0 radical (unpaired) electrons. The van der Waals surface area contributed by atoms with Crippen molar-refractivity contribution in [1.29, 1.82) is 0 Å². The number of hydrogen-bond donors (Lipinski definition) is 1. The number of nitrogens with two attached hydrogens (primary N) is 1. The van der Waals surface area contributed by atoms with Crippen molar-refractivity contribution in [1.82, 2.24) is 10.1 Å². The number of halogens is 1. The Labute approximate surface area is 105 Å². The third-order valence-electron chi connectivity index (χ3n) is 2.44. The first kappa shape index (κ1) is 12.1. The Morgan fingerprint density at radius 3 is 3.00 bits per heavy atom. The minimum Gasteiger partial charge on any atom is -0.337 e. The van der Waals surface area contributed by atoms with Gasteiger partial charge in [-0.05, 0) is 18.6 Å². The lowest BCUT2D eigenvalue weighted by Crippen LogP contribution is -2.09. The van der Waals surface area contributed by atoms with Gasteiger partial charge in [-0.15, -0.1) is 0 Å². The second-order valence-electron chi connectivity index (χ2n) is 3.86. The summed E-state index contributed by atoms with van der Waals surface area (Å²) in [5, 5.41) is 4.55. The van der Waals surface area contributed by atoms with Crippen LogP contribution in [0.25, 0.3) is 11.4 Å². The molecule has 1 unspecified atom stereocenters. The summed E-state index contributed by atoms with van der Waals surface area (Å²) >= 11 is 5.90. The molecule has 0 spiro atoms. The fourth-order valence-corrected chi connectivity index (χ4v) is 1.76. The highest BCUT2D eigenvalue weighted by molar-refractivity contribution is 6.30. The van der Waals surface area contributed by atoms with Crippen LogP contribution in [0.2, 0.25) is 5.02 Å². The topological polar surface area (TPSA) is 64.9 Å². The van der Waals surface area contributed by atoms with Gasteiger partial charge in [-0.3, -0.25) is 0 Å². The van der Waals surface area contributed by atoms with Gasteiger partial charge in [0, 0.05) is 10.6 Å². The highest BCUT2D eigenvalue weighted by atomic mass is 35.5. The summed E-state index contributed by atoms with van der Waals surface area (Å²) in [7, 11) is 0. The van der Waals surface area contributed by atoms with Crippen LogP contribution in [0.1, 0.15) is 31.7 Å². The molecule has 0 saturated carbocycles. The molecule has 0 amide bonds. The highest BCUT2D eigenvalue weighted by Crippen LogP contribution is 2.22. The summed E-state index contributed by atoms with van der Waals surface area (Å²) in [6.45, 7) is 2.06. The first-order valence-corrected chi connectivity index (χ1v) is 5.93. The number of aromatic nitrogens is 2. The summed E-state index contributed by atoms with van der Waals surface area (Å²) in [6.07, 6.45) is 1.81. The molecule has 17 heavy (non-hydrogen) atoms. The lowest BCUT2D eigenvalue weighted by Gasteiger charge is -2.02. The van der Waals surface area contributed by atoms with E-state index in [1.54, 1.807) is 12.1 Å². The molecule has 0 aliphatic carbocycles. The molecule has 1 heterocycles. The zero-order valence-corrected chi connectivity index (χ0v) is 10.3. The van der Waals surface area contributed by atoms with Crippen molar-refractivity contribution in [2.45, 2.75) is 25.8 Å². The van der Waals surface area contributed by atoms with Gasteiger partial charge in [-0.2, -0.15) is 4.98 Å². The van der Waals surface area contributed by atoms with Gasteiger partial charge in [-0.25, -0.2) is 0 Å². The minimum absolute atomic E-state index is 0.194. The lowest BCUT2D eigenvalue weighted by molar-refractivity contribution is 0.348. The van der Waals surface area contributed by atoms with Gasteiger partial charge < -0.3 is 10.3 Å². The van der Waals surface area contributed by atoms with Crippen molar-refractivity contribution in [3.8, 4) is 11.4 Å². The number of rotatable bonds is 4. The maximum absolute atomic E-state index is 5.90. The Hall–Kier alpha value is -1.39. The molecule has 1 atom stereocenters. The van der Waals surface area contributed by atoms with E-state index in [0.29, 0.717) is 16.7 Å². The molecule has 2 rings (SSSR count). The molecule has 5 heteroatoms. The molecule has 1 aromatic heterocycles. The standard InChI is InChI=1S/C12H14ClN3O/c1-2-4-10(14)12-15-11(16-17-12)8-5-3-6-9(13)7-8/h3,5-7,10H,2,4,14H2,1H3. The van der Waals surface area contributed by atoms with Crippen LogP contribution in [0.5, 0.6) is 0 Å². The summed E-state index contributed by atoms with van der Waals surface area (Å²) in [5.41, 5.74) is 6.73. The maximum Gasteiger partial charge on any atom is 0.243 e. The molecule has 1 aromatic carbocycles. The van der Waals surface area contributed by atoms with Crippen LogP contribution in [-0.4, -0.2) is 10.1 Å². The Morgan fingerprint density at radius 1 is 1.47 bits per heavy atom. The van der Waals surface area contributed by atoms with E-state index in [0.717, 1.165) is 18.4 Å². The van der Waals surface area contributed by atoms with E-state index in [2.05, 4.69) is 17.1 Å². The number of nitrogens with zero attached hydrogens (tertiary/aromatic N) is 2. The van der Waals surface area contributed by atoms with Gasteiger partial charge in [0.15, 0.2) is 0 Å². The zero-order chi connectivity index (χ0) is 12.3. The fourth-order valence-electron chi connectivity index (χ4n) is 1.57. The second kappa shape index (κ2) is 5.29. The molecule has 0 bridgehead atoms. The van der Waals surface area contributed by atoms with E-state index in [-0.39, 0.29) is 6.04 Å². The lowest BCUT2D eigenvalue weighted by atomic mass is 10.2. The van der Waals surface area contributed by atoms with Gasteiger partial charge in [0.25, 0.3) is 0 Å². The van der Waals surface area contributed by atoms with Crippen molar-refractivity contribution in [2.75, 3.05) is 0 Å². The quantitative estimate of drug-likeness (QED) is 0.906. The molecule has 0 saturated heterocycles. The van der Waals surface area contributed by atoms with E-state index in [9.17, 15) is 0 Å². The van der Waals surface area contributed by atoms with Crippen LogP contribution in [0, 0.1) is 0 Å². The minimum atomic E-state index is -0.194. The van der Waals surface area contributed by atoms with Crippen LogP contribution in [0.3, 0.4) is 0 Å². The third kappa shape index (κ3) is 2.84. The van der Waals surface area contributed by atoms with Crippen LogP contribution in [0.15, 0.2) is 28.8 Å². The summed E-state index contributed by atoms with van der Waals surface area (Å²) in [4.78, 5) is 4.28. The molecule has 0 aliphatic rings.